The van der Waals surface area contributed by atoms with Gasteiger partial charge in [-0.05, 0) is 34.2 Å². The van der Waals surface area contributed by atoms with Crippen molar-refractivity contribution in [3.05, 3.63) is 52.4 Å². The van der Waals surface area contributed by atoms with E-state index in [-0.39, 0.29) is 0 Å². The van der Waals surface area contributed by atoms with Gasteiger partial charge in [-0.25, -0.2) is 4.98 Å². The van der Waals surface area contributed by atoms with E-state index in [9.17, 15) is 0 Å². The first-order valence-corrected chi connectivity index (χ1v) is 5.12. The summed E-state index contributed by atoms with van der Waals surface area (Å²) in [7, 11) is 0. The van der Waals surface area contributed by atoms with Crippen molar-refractivity contribution in [1.29, 1.82) is 0 Å². The van der Waals surface area contributed by atoms with Crippen LogP contribution in [0.1, 0.15) is 0 Å². The zero-order chi connectivity index (χ0) is 9.10. The zero-order valence-electron chi connectivity index (χ0n) is 6.94. The maximum atomic E-state index is 4.24. The Balaban J connectivity index is 2.54. The summed E-state index contributed by atoms with van der Waals surface area (Å²) in [5.74, 6) is 0. The third kappa shape index (κ3) is 1.88. The molecule has 0 saturated carbocycles. The van der Waals surface area contributed by atoms with Crippen molar-refractivity contribution in [1.82, 2.24) is 4.98 Å². The maximum Gasteiger partial charge on any atom is 0.109 e. The van der Waals surface area contributed by atoms with Crippen LogP contribution in [0.2, 0.25) is 0 Å². The van der Waals surface area contributed by atoms with Crippen molar-refractivity contribution in [2.45, 2.75) is 0 Å². The highest BCUT2D eigenvalue weighted by molar-refractivity contribution is 14.1. The molecule has 0 atom stereocenters. The zero-order valence-corrected chi connectivity index (χ0v) is 9.10. The molecule has 0 aliphatic heterocycles. The van der Waals surface area contributed by atoms with E-state index in [0.717, 1.165) is 3.70 Å². The molecule has 2 aromatic rings. The summed E-state index contributed by atoms with van der Waals surface area (Å²) in [5.41, 5.74) is 2.42. The van der Waals surface area contributed by atoms with Crippen LogP contribution in [0.4, 0.5) is 0 Å². The smallest absolute Gasteiger partial charge is 0.109 e. The summed E-state index contributed by atoms with van der Waals surface area (Å²) in [6.45, 7) is 0. The van der Waals surface area contributed by atoms with Crippen molar-refractivity contribution in [3.63, 3.8) is 0 Å². The van der Waals surface area contributed by atoms with Crippen LogP contribution in [-0.4, -0.2) is 4.98 Å². The Kier molecular flexibility index (Phi) is 2.59. The summed E-state index contributed by atoms with van der Waals surface area (Å²) in [5, 5.41) is 0. The molecule has 1 heterocycles. The van der Waals surface area contributed by atoms with Crippen LogP contribution in [0.5, 0.6) is 0 Å². The molecule has 2 heteroatoms. The minimum absolute atomic E-state index is 1.05. The minimum Gasteiger partial charge on any atom is -0.250 e. The van der Waals surface area contributed by atoms with E-state index in [0.29, 0.717) is 0 Å². The van der Waals surface area contributed by atoms with Crippen LogP contribution in [0, 0.1) is 3.70 Å². The average molecular weight is 281 g/mol. The fourth-order valence-electron chi connectivity index (χ4n) is 1.22. The summed E-state index contributed by atoms with van der Waals surface area (Å²) in [6.07, 6.45) is 1.81. The van der Waals surface area contributed by atoms with Gasteiger partial charge in [-0.3, -0.25) is 0 Å². The topological polar surface area (TPSA) is 12.9 Å². The van der Waals surface area contributed by atoms with Gasteiger partial charge in [0.05, 0.1) is 0 Å². The summed E-state index contributed by atoms with van der Waals surface area (Å²) < 4.78 is 1.05. The van der Waals surface area contributed by atoms with Gasteiger partial charge < -0.3 is 0 Å². The largest absolute Gasteiger partial charge is 0.250 e. The van der Waals surface area contributed by atoms with Crippen LogP contribution in [0.3, 0.4) is 0 Å². The molecule has 13 heavy (non-hydrogen) atoms. The lowest BCUT2D eigenvalue weighted by Gasteiger charge is -2.01. The van der Waals surface area contributed by atoms with Gasteiger partial charge in [0.2, 0.25) is 0 Å². The van der Waals surface area contributed by atoms with E-state index in [4.69, 9.17) is 0 Å². The molecule has 0 unspecified atom stereocenters. The van der Waals surface area contributed by atoms with Crippen LogP contribution in [0.25, 0.3) is 11.1 Å². The molecule has 0 bridgehead atoms. The highest BCUT2D eigenvalue weighted by Gasteiger charge is 2.00. The van der Waals surface area contributed by atoms with Crippen molar-refractivity contribution in [3.8, 4) is 11.1 Å². The number of nitrogens with zero attached hydrogens (tertiary/aromatic N) is 1. The number of aromatic nitrogens is 1. The second kappa shape index (κ2) is 3.87. The Morgan fingerprint density at radius 1 is 0.923 bits per heavy atom. The summed E-state index contributed by atoms with van der Waals surface area (Å²) >= 11 is 2.25. The molecule has 0 saturated heterocycles. The first-order valence-electron chi connectivity index (χ1n) is 4.04. The van der Waals surface area contributed by atoms with Crippen molar-refractivity contribution in [2.24, 2.45) is 0 Å². The Morgan fingerprint density at radius 3 is 2.38 bits per heavy atom. The fraction of sp³-hybridized carbons (Fsp3) is 0. The Hall–Kier alpha value is -0.900. The van der Waals surface area contributed by atoms with Gasteiger partial charge in [0.15, 0.2) is 0 Å². The van der Waals surface area contributed by atoms with Crippen LogP contribution < -0.4 is 0 Å². The maximum absolute atomic E-state index is 4.24. The summed E-state index contributed by atoms with van der Waals surface area (Å²) in [6, 6.07) is 14.3. The van der Waals surface area contributed by atoms with Crippen LogP contribution in [0.15, 0.2) is 48.7 Å². The molecular weight excluding hydrogens is 273 g/mol. The van der Waals surface area contributed by atoms with Gasteiger partial charge in [0.1, 0.15) is 3.70 Å². The van der Waals surface area contributed by atoms with Crippen LogP contribution >= 0.6 is 22.6 Å². The van der Waals surface area contributed by atoms with E-state index >= 15 is 0 Å². The molecule has 0 N–H and O–H groups in total. The second-order valence-electron chi connectivity index (χ2n) is 2.71. The fourth-order valence-corrected chi connectivity index (χ4v) is 1.87. The molecule has 64 valence electrons. The number of hydrogen-bond acceptors (Lipinski definition) is 1. The first-order chi connectivity index (χ1) is 6.38. The van der Waals surface area contributed by atoms with Gasteiger partial charge in [-0.15, -0.1) is 0 Å². The van der Waals surface area contributed by atoms with Gasteiger partial charge in [0, 0.05) is 11.8 Å². The molecular formula is C11H8IN. The number of benzene rings is 1. The molecule has 1 nitrogen and oxygen atoms in total. The van der Waals surface area contributed by atoms with Gasteiger partial charge in [0.25, 0.3) is 0 Å². The average Bonchev–Trinajstić information content (AvgIpc) is 2.20. The van der Waals surface area contributed by atoms with Crippen molar-refractivity contribution in [2.75, 3.05) is 0 Å². The molecule has 1 aromatic heterocycles. The van der Waals surface area contributed by atoms with E-state index in [1.165, 1.54) is 11.1 Å². The lowest BCUT2D eigenvalue weighted by Crippen LogP contribution is -1.84. The second-order valence-corrected chi connectivity index (χ2v) is 3.73. The predicted octanol–water partition coefficient (Wildman–Crippen LogP) is 3.35. The number of pyridine rings is 1. The first kappa shape index (κ1) is 8.69. The lowest BCUT2D eigenvalue weighted by atomic mass is 10.1. The summed E-state index contributed by atoms with van der Waals surface area (Å²) in [4.78, 5) is 4.24. The van der Waals surface area contributed by atoms with Gasteiger partial charge in [-0.2, -0.15) is 0 Å². The molecule has 1 aromatic carbocycles. The van der Waals surface area contributed by atoms with E-state index in [2.05, 4.69) is 45.8 Å². The normalized spacial score (nSPS) is 9.92. The third-order valence-corrected chi connectivity index (χ3v) is 2.70. The molecule has 0 fully saturated rings. The Morgan fingerprint density at radius 2 is 1.69 bits per heavy atom. The van der Waals surface area contributed by atoms with Crippen molar-refractivity contribution < 1.29 is 0 Å². The Bertz CT molecular complexity index is 398. The van der Waals surface area contributed by atoms with Gasteiger partial charge >= 0.3 is 0 Å². The molecule has 0 aliphatic carbocycles. The minimum atomic E-state index is 1.05. The third-order valence-electron chi connectivity index (χ3n) is 1.84. The molecule has 0 aliphatic rings. The quantitative estimate of drug-likeness (QED) is 0.577. The van der Waals surface area contributed by atoms with Crippen LogP contribution in [-0.2, 0) is 0 Å². The SMILES string of the molecule is Ic1ncccc1-c1ccccc1. The molecule has 2 rings (SSSR count). The number of halogens is 1. The number of rotatable bonds is 1. The van der Waals surface area contributed by atoms with E-state index < -0.39 is 0 Å². The standard InChI is InChI=1S/C11H8IN/c12-11-10(7-4-8-13-11)9-5-2-1-3-6-9/h1-8H. The van der Waals surface area contributed by atoms with Gasteiger partial charge in [-0.1, -0.05) is 36.4 Å². The monoisotopic (exact) mass is 281 g/mol. The molecule has 0 amide bonds. The highest BCUT2D eigenvalue weighted by atomic mass is 127. The Labute approximate surface area is 91.0 Å². The lowest BCUT2D eigenvalue weighted by molar-refractivity contribution is 1.27. The molecule has 0 radical (unpaired) electrons. The molecule has 0 spiro atoms. The highest BCUT2D eigenvalue weighted by Crippen LogP contribution is 2.22. The van der Waals surface area contributed by atoms with E-state index in [1.54, 1.807) is 0 Å². The number of hydrogen-bond donors (Lipinski definition) is 0. The predicted molar refractivity (Wildman–Crippen MR) is 62.4 cm³/mol. The van der Waals surface area contributed by atoms with Crippen molar-refractivity contribution >= 4 is 22.6 Å². The van der Waals surface area contributed by atoms with E-state index in [1.807, 2.05) is 30.5 Å².